The number of thioether (sulfide) groups is 1. The summed E-state index contributed by atoms with van der Waals surface area (Å²) in [5.41, 5.74) is 0.934. The first kappa shape index (κ1) is 15.3. The zero-order valence-electron chi connectivity index (χ0n) is 11.3. The summed E-state index contributed by atoms with van der Waals surface area (Å²) in [6.45, 7) is 4.70. The van der Waals surface area contributed by atoms with Gasteiger partial charge in [0.25, 0.3) is 0 Å². The number of hydrogen-bond acceptors (Lipinski definition) is 3. The normalized spacial score (nSPS) is 12.4. The molecule has 0 aliphatic rings. The Kier molecular flexibility index (Phi) is 7.13. The molecule has 1 aromatic carbocycles. The topological polar surface area (TPSA) is 21.3 Å². The van der Waals surface area contributed by atoms with Crippen LogP contribution in [0.1, 0.15) is 31.9 Å². The average molecular weight is 271 g/mol. The highest BCUT2D eigenvalue weighted by atomic mass is 32.2. The van der Waals surface area contributed by atoms with Gasteiger partial charge in [0.2, 0.25) is 0 Å². The summed E-state index contributed by atoms with van der Waals surface area (Å²) in [6, 6.07) is 5.30. The van der Waals surface area contributed by atoms with E-state index in [0.717, 1.165) is 23.5 Å². The lowest BCUT2D eigenvalue weighted by Crippen LogP contribution is -2.12. The van der Waals surface area contributed by atoms with Crippen molar-refractivity contribution in [2.45, 2.75) is 26.3 Å². The maximum atomic E-state index is 13.8. The van der Waals surface area contributed by atoms with E-state index >= 15 is 0 Å². The van der Waals surface area contributed by atoms with Crippen LogP contribution in [0, 0.1) is 5.82 Å². The van der Waals surface area contributed by atoms with E-state index in [1.807, 2.05) is 31.8 Å². The van der Waals surface area contributed by atoms with E-state index in [2.05, 4.69) is 12.2 Å². The fourth-order valence-corrected chi connectivity index (χ4v) is 2.17. The molecule has 0 fully saturated rings. The van der Waals surface area contributed by atoms with Crippen LogP contribution in [0.4, 0.5) is 4.39 Å². The fourth-order valence-electron chi connectivity index (χ4n) is 1.56. The molecule has 1 atom stereocenters. The minimum Gasteiger partial charge on any atom is -0.490 e. The van der Waals surface area contributed by atoms with Gasteiger partial charge in [0, 0.05) is 6.04 Å². The molecule has 0 spiro atoms. The molecule has 0 aliphatic heterocycles. The molecule has 1 unspecified atom stereocenters. The van der Waals surface area contributed by atoms with Gasteiger partial charge in [0.05, 0.1) is 6.61 Å². The monoisotopic (exact) mass is 271 g/mol. The Bertz CT molecular complexity index is 360. The van der Waals surface area contributed by atoms with Gasteiger partial charge in [-0.15, -0.1) is 0 Å². The van der Waals surface area contributed by atoms with Crippen molar-refractivity contribution in [2.75, 3.05) is 25.2 Å². The first-order valence-corrected chi connectivity index (χ1v) is 7.51. The third-order valence-electron chi connectivity index (χ3n) is 2.78. The highest BCUT2D eigenvalue weighted by Crippen LogP contribution is 2.22. The Hall–Kier alpha value is -0.740. The molecule has 18 heavy (non-hydrogen) atoms. The van der Waals surface area contributed by atoms with Gasteiger partial charge in [-0.1, -0.05) is 13.0 Å². The van der Waals surface area contributed by atoms with E-state index in [0.29, 0.717) is 12.4 Å². The predicted molar refractivity (Wildman–Crippen MR) is 77.0 cm³/mol. The lowest BCUT2D eigenvalue weighted by atomic mass is 10.1. The molecular formula is C14H22FNOS. The lowest BCUT2D eigenvalue weighted by molar-refractivity contribution is 0.302. The summed E-state index contributed by atoms with van der Waals surface area (Å²) in [6.07, 6.45) is 0.951. The van der Waals surface area contributed by atoms with Gasteiger partial charge in [-0.25, -0.2) is 4.39 Å². The van der Waals surface area contributed by atoms with Crippen LogP contribution in [0.15, 0.2) is 18.2 Å². The van der Waals surface area contributed by atoms with Gasteiger partial charge < -0.3 is 10.1 Å². The number of ether oxygens (including phenoxy) is 1. The highest BCUT2D eigenvalue weighted by Gasteiger charge is 2.08. The van der Waals surface area contributed by atoms with Crippen LogP contribution in [0.5, 0.6) is 5.75 Å². The van der Waals surface area contributed by atoms with Crippen molar-refractivity contribution in [3.63, 3.8) is 0 Å². The summed E-state index contributed by atoms with van der Waals surface area (Å²) in [7, 11) is 1.86. The van der Waals surface area contributed by atoms with Gasteiger partial charge in [0.1, 0.15) is 0 Å². The minimum absolute atomic E-state index is 0.148. The standard InChI is InChI=1S/C14H22FNOS/c1-4-18-9-5-8-17-14-7-6-12(10-13(14)15)11(2)16-3/h6-7,10-11,16H,4-5,8-9H2,1-3H3. The van der Waals surface area contributed by atoms with Crippen LogP contribution < -0.4 is 10.1 Å². The van der Waals surface area contributed by atoms with Crippen LogP contribution in [-0.4, -0.2) is 25.2 Å². The van der Waals surface area contributed by atoms with Gasteiger partial charge >= 0.3 is 0 Å². The van der Waals surface area contributed by atoms with Crippen LogP contribution in [0.2, 0.25) is 0 Å². The van der Waals surface area contributed by atoms with Crippen molar-refractivity contribution < 1.29 is 9.13 Å². The van der Waals surface area contributed by atoms with E-state index in [9.17, 15) is 4.39 Å². The molecule has 1 rings (SSSR count). The number of hydrogen-bond donors (Lipinski definition) is 1. The molecule has 0 saturated carbocycles. The first-order valence-electron chi connectivity index (χ1n) is 6.36. The molecule has 0 aliphatic carbocycles. The summed E-state index contributed by atoms with van der Waals surface area (Å²) in [4.78, 5) is 0. The predicted octanol–water partition coefficient (Wildman–Crippen LogP) is 3.63. The van der Waals surface area contributed by atoms with E-state index < -0.39 is 0 Å². The summed E-state index contributed by atoms with van der Waals surface area (Å²) >= 11 is 1.87. The maximum absolute atomic E-state index is 13.8. The highest BCUT2D eigenvalue weighted by molar-refractivity contribution is 7.99. The van der Waals surface area contributed by atoms with Gasteiger partial charge in [0.15, 0.2) is 11.6 Å². The molecule has 4 heteroatoms. The van der Waals surface area contributed by atoms with E-state index in [1.165, 1.54) is 6.07 Å². The number of rotatable bonds is 8. The molecule has 0 amide bonds. The Morgan fingerprint density at radius 1 is 1.44 bits per heavy atom. The van der Waals surface area contributed by atoms with Crippen molar-refractivity contribution >= 4 is 11.8 Å². The van der Waals surface area contributed by atoms with Crippen LogP contribution in [-0.2, 0) is 0 Å². The van der Waals surface area contributed by atoms with Crippen molar-refractivity contribution in [2.24, 2.45) is 0 Å². The van der Waals surface area contributed by atoms with E-state index in [1.54, 1.807) is 6.07 Å². The zero-order valence-corrected chi connectivity index (χ0v) is 12.1. The fraction of sp³-hybridized carbons (Fsp3) is 0.571. The molecule has 0 saturated heterocycles. The average Bonchev–Trinajstić information content (AvgIpc) is 2.39. The molecular weight excluding hydrogens is 249 g/mol. The largest absolute Gasteiger partial charge is 0.490 e. The lowest BCUT2D eigenvalue weighted by Gasteiger charge is -2.12. The third kappa shape index (κ3) is 4.86. The smallest absolute Gasteiger partial charge is 0.165 e. The van der Waals surface area contributed by atoms with Crippen molar-refractivity contribution in [1.29, 1.82) is 0 Å². The van der Waals surface area contributed by atoms with Gasteiger partial charge in [-0.05, 0) is 49.6 Å². The molecule has 0 aromatic heterocycles. The molecule has 2 nitrogen and oxygen atoms in total. The Morgan fingerprint density at radius 3 is 2.83 bits per heavy atom. The molecule has 1 aromatic rings. The number of benzene rings is 1. The SMILES string of the molecule is CCSCCCOc1ccc(C(C)NC)cc1F. The second-order valence-corrected chi connectivity index (χ2v) is 5.49. The third-order valence-corrected chi connectivity index (χ3v) is 3.77. The molecule has 0 bridgehead atoms. The second kappa shape index (κ2) is 8.38. The Labute approximate surface area is 113 Å². The molecule has 102 valence electrons. The second-order valence-electron chi connectivity index (χ2n) is 4.10. The van der Waals surface area contributed by atoms with E-state index in [-0.39, 0.29) is 11.9 Å². The van der Waals surface area contributed by atoms with Crippen LogP contribution in [0.25, 0.3) is 0 Å². The van der Waals surface area contributed by atoms with Crippen molar-refractivity contribution in [1.82, 2.24) is 5.32 Å². The number of halogens is 1. The van der Waals surface area contributed by atoms with Gasteiger partial charge in [-0.2, -0.15) is 11.8 Å². The van der Waals surface area contributed by atoms with Crippen molar-refractivity contribution in [3.8, 4) is 5.75 Å². The molecule has 0 heterocycles. The molecule has 1 N–H and O–H groups in total. The summed E-state index contributed by atoms with van der Waals surface area (Å²) in [5.74, 6) is 2.25. The Morgan fingerprint density at radius 2 is 2.22 bits per heavy atom. The Balaban J connectivity index is 2.47. The molecule has 0 radical (unpaired) electrons. The minimum atomic E-state index is -0.280. The van der Waals surface area contributed by atoms with E-state index in [4.69, 9.17) is 4.74 Å². The van der Waals surface area contributed by atoms with Crippen molar-refractivity contribution in [3.05, 3.63) is 29.6 Å². The zero-order chi connectivity index (χ0) is 13.4. The maximum Gasteiger partial charge on any atom is 0.165 e. The summed E-state index contributed by atoms with van der Waals surface area (Å²) in [5, 5.41) is 3.08. The summed E-state index contributed by atoms with van der Waals surface area (Å²) < 4.78 is 19.2. The number of nitrogens with one attached hydrogen (secondary N) is 1. The quantitative estimate of drug-likeness (QED) is 0.730. The van der Waals surface area contributed by atoms with Crippen LogP contribution in [0.3, 0.4) is 0 Å². The first-order chi connectivity index (χ1) is 8.69. The van der Waals surface area contributed by atoms with Crippen LogP contribution >= 0.6 is 11.8 Å². The van der Waals surface area contributed by atoms with Gasteiger partial charge in [-0.3, -0.25) is 0 Å².